The number of aryl methyl sites for hydroxylation is 1. The van der Waals surface area contributed by atoms with Gasteiger partial charge in [-0.25, -0.2) is 4.98 Å². The fourth-order valence-corrected chi connectivity index (χ4v) is 2.64. The van der Waals surface area contributed by atoms with Gasteiger partial charge in [0.2, 0.25) is 0 Å². The number of rotatable bonds is 2. The topological polar surface area (TPSA) is 47.3 Å². The van der Waals surface area contributed by atoms with Gasteiger partial charge in [-0.1, -0.05) is 11.6 Å². The van der Waals surface area contributed by atoms with Gasteiger partial charge in [0, 0.05) is 23.6 Å². The Kier molecular flexibility index (Phi) is 3.21. The maximum atomic E-state index is 10.3. The third kappa shape index (κ3) is 2.22. The summed E-state index contributed by atoms with van der Waals surface area (Å²) < 4.78 is 7.99. The normalized spacial score (nSPS) is 21.8. The number of imidazole rings is 1. The van der Waals surface area contributed by atoms with Crippen molar-refractivity contribution in [2.24, 2.45) is 0 Å². The Morgan fingerprint density at radius 1 is 1.53 bits per heavy atom. The van der Waals surface area contributed by atoms with Crippen molar-refractivity contribution < 1.29 is 9.84 Å². The molecular formula is C14H15ClN2O2. The molecule has 0 radical (unpaired) electrons. The molecule has 5 heteroatoms. The van der Waals surface area contributed by atoms with Crippen LogP contribution in [0.3, 0.4) is 0 Å². The minimum Gasteiger partial charge on any atom is -0.484 e. The van der Waals surface area contributed by atoms with Gasteiger partial charge >= 0.3 is 0 Å². The summed E-state index contributed by atoms with van der Waals surface area (Å²) in [7, 11) is 0. The van der Waals surface area contributed by atoms with Gasteiger partial charge in [0.05, 0.1) is 24.3 Å². The fraction of sp³-hybridized carbons (Fsp3) is 0.357. The number of fused-ring (bicyclic) bond motifs is 1. The lowest BCUT2D eigenvalue weighted by Gasteiger charge is -2.30. The molecule has 0 bridgehead atoms. The Labute approximate surface area is 116 Å². The number of halogens is 1. The number of nitrogens with zero attached hydrogens (tertiary/aromatic N) is 2. The largest absolute Gasteiger partial charge is 0.484 e. The number of hydrogen-bond acceptors (Lipinski definition) is 3. The van der Waals surface area contributed by atoms with Crippen LogP contribution in [0.4, 0.5) is 0 Å². The molecule has 2 atom stereocenters. The zero-order valence-corrected chi connectivity index (χ0v) is 11.3. The summed E-state index contributed by atoms with van der Waals surface area (Å²) in [5.41, 5.74) is 1.74. The maximum Gasteiger partial charge on any atom is 0.143 e. The highest BCUT2D eigenvalue weighted by Crippen LogP contribution is 2.41. The van der Waals surface area contributed by atoms with Crippen LogP contribution in [0.5, 0.6) is 5.75 Å². The molecule has 0 saturated heterocycles. The molecule has 100 valence electrons. The summed E-state index contributed by atoms with van der Waals surface area (Å²) in [6.45, 7) is 2.89. The summed E-state index contributed by atoms with van der Waals surface area (Å²) in [5, 5.41) is 10.9. The van der Waals surface area contributed by atoms with E-state index in [0.29, 0.717) is 17.2 Å². The average molecular weight is 279 g/mol. The molecule has 0 aliphatic carbocycles. The molecule has 1 N–H and O–H groups in total. The van der Waals surface area contributed by atoms with Crippen molar-refractivity contribution in [3.05, 3.63) is 47.0 Å². The van der Waals surface area contributed by atoms with Gasteiger partial charge in [-0.05, 0) is 25.1 Å². The zero-order chi connectivity index (χ0) is 13.4. The van der Waals surface area contributed by atoms with Gasteiger partial charge in [0.15, 0.2) is 0 Å². The summed E-state index contributed by atoms with van der Waals surface area (Å²) in [6, 6.07) is 5.33. The standard InChI is InChI=1S/C14H15ClN2O2/c1-2-17-8-16-7-11(17)14-6-12(18)10-5-9(15)3-4-13(10)19-14/h3-5,7-8,12,14,18H,2,6H2,1H3/t12-,14?/m1/s1. The van der Waals surface area contributed by atoms with Crippen molar-refractivity contribution in [2.45, 2.75) is 32.1 Å². The van der Waals surface area contributed by atoms with Gasteiger partial charge in [-0.15, -0.1) is 0 Å². The van der Waals surface area contributed by atoms with Crippen molar-refractivity contribution in [1.29, 1.82) is 0 Å². The van der Waals surface area contributed by atoms with Crippen LogP contribution in [0.15, 0.2) is 30.7 Å². The van der Waals surface area contributed by atoms with E-state index in [4.69, 9.17) is 16.3 Å². The highest BCUT2D eigenvalue weighted by molar-refractivity contribution is 6.30. The molecule has 1 aromatic carbocycles. The molecule has 19 heavy (non-hydrogen) atoms. The molecule has 1 unspecified atom stereocenters. The van der Waals surface area contributed by atoms with Crippen LogP contribution in [0, 0.1) is 0 Å². The quantitative estimate of drug-likeness (QED) is 0.918. The van der Waals surface area contributed by atoms with Gasteiger partial charge < -0.3 is 14.4 Å². The van der Waals surface area contributed by atoms with E-state index in [1.165, 1.54) is 0 Å². The molecule has 0 fully saturated rings. The first-order valence-electron chi connectivity index (χ1n) is 6.33. The Balaban J connectivity index is 1.95. The Hall–Kier alpha value is -1.52. The molecule has 2 heterocycles. The van der Waals surface area contributed by atoms with E-state index in [1.807, 2.05) is 4.57 Å². The van der Waals surface area contributed by atoms with Crippen molar-refractivity contribution in [3.8, 4) is 5.75 Å². The van der Waals surface area contributed by atoms with Crippen LogP contribution >= 0.6 is 11.6 Å². The van der Waals surface area contributed by atoms with E-state index in [0.717, 1.165) is 17.8 Å². The Morgan fingerprint density at radius 2 is 2.37 bits per heavy atom. The monoisotopic (exact) mass is 278 g/mol. The Bertz CT molecular complexity index is 597. The lowest BCUT2D eigenvalue weighted by Crippen LogP contribution is -2.21. The number of hydrogen-bond donors (Lipinski definition) is 1. The highest BCUT2D eigenvalue weighted by atomic mass is 35.5. The molecular weight excluding hydrogens is 264 g/mol. The van der Waals surface area contributed by atoms with Crippen molar-refractivity contribution in [2.75, 3.05) is 0 Å². The first kappa shape index (κ1) is 12.5. The van der Waals surface area contributed by atoms with Crippen LogP contribution in [0.25, 0.3) is 0 Å². The minimum atomic E-state index is -0.562. The third-order valence-corrected chi connectivity index (χ3v) is 3.69. The van der Waals surface area contributed by atoms with Crippen LogP contribution in [0.2, 0.25) is 5.02 Å². The molecule has 1 aliphatic heterocycles. The van der Waals surface area contributed by atoms with E-state index >= 15 is 0 Å². The van der Waals surface area contributed by atoms with E-state index in [-0.39, 0.29) is 6.10 Å². The molecule has 3 rings (SSSR count). The first-order valence-corrected chi connectivity index (χ1v) is 6.71. The lowest BCUT2D eigenvalue weighted by molar-refractivity contribution is 0.0619. The van der Waals surface area contributed by atoms with E-state index in [2.05, 4.69) is 11.9 Å². The van der Waals surface area contributed by atoms with Gasteiger partial charge in [0.25, 0.3) is 0 Å². The van der Waals surface area contributed by atoms with Gasteiger partial charge in [-0.3, -0.25) is 0 Å². The molecule has 0 amide bonds. The van der Waals surface area contributed by atoms with E-state index < -0.39 is 6.10 Å². The van der Waals surface area contributed by atoms with Crippen molar-refractivity contribution in [1.82, 2.24) is 9.55 Å². The smallest absolute Gasteiger partial charge is 0.143 e. The Morgan fingerprint density at radius 3 is 3.16 bits per heavy atom. The van der Waals surface area contributed by atoms with Crippen LogP contribution in [0.1, 0.15) is 36.8 Å². The van der Waals surface area contributed by atoms with Crippen LogP contribution in [-0.2, 0) is 6.54 Å². The first-order chi connectivity index (χ1) is 9.19. The predicted octanol–water partition coefficient (Wildman–Crippen LogP) is 3.11. The van der Waals surface area contributed by atoms with Crippen LogP contribution in [-0.4, -0.2) is 14.7 Å². The SMILES string of the molecule is CCn1cncc1C1C[C@@H](O)c2cc(Cl)ccc2O1. The number of aliphatic hydroxyl groups excluding tert-OH is 1. The fourth-order valence-electron chi connectivity index (χ4n) is 2.46. The molecule has 1 aliphatic rings. The van der Waals surface area contributed by atoms with Crippen molar-refractivity contribution >= 4 is 11.6 Å². The second-order valence-corrected chi connectivity index (χ2v) is 5.08. The predicted molar refractivity (Wildman–Crippen MR) is 72.3 cm³/mol. The summed E-state index contributed by atoms with van der Waals surface area (Å²) in [4.78, 5) is 4.14. The summed E-state index contributed by atoms with van der Waals surface area (Å²) >= 11 is 5.94. The number of benzene rings is 1. The number of aliphatic hydroxyl groups is 1. The summed E-state index contributed by atoms with van der Waals surface area (Å²) in [6.07, 6.45) is 3.35. The molecule has 1 aromatic heterocycles. The molecule has 0 spiro atoms. The minimum absolute atomic E-state index is 0.175. The van der Waals surface area contributed by atoms with Crippen molar-refractivity contribution in [3.63, 3.8) is 0 Å². The second kappa shape index (κ2) is 4.87. The highest BCUT2D eigenvalue weighted by Gasteiger charge is 2.29. The summed E-state index contributed by atoms with van der Waals surface area (Å²) in [5.74, 6) is 0.692. The average Bonchev–Trinajstić information content (AvgIpc) is 2.87. The zero-order valence-electron chi connectivity index (χ0n) is 10.6. The van der Waals surface area contributed by atoms with E-state index in [9.17, 15) is 5.11 Å². The van der Waals surface area contributed by atoms with E-state index in [1.54, 1.807) is 30.7 Å². The third-order valence-electron chi connectivity index (χ3n) is 3.45. The second-order valence-electron chi connectivity index (χ2n) is 4.64. The van der Waals surface area contributed by atoms with Gasteiger partial charge in [0.1, 0.15) is 11.9 Å². The maximum absolute atomic E-state index is 10.3. The number of aromatic nitrogens is 2. The lowest BCUT2D eigenvalue weighted by atomic mass is 9.97. The van der Waals surface area contributed by atoms with Crippen LogP contribution < -0.4 is 4.74 Å². The molecule has 4 nitrogen and oxygen atoms in total. The molecule has 0 saturated carbocycles. The molecule has 2 aromatic rings. The number of ether oxygens (including phenoxy) is 1. The van der Waals surface area contributed by atoms with Gasteiger partial charge in [-0.2, -0.15) is 0 Å².